The summed E-state index contributed by atoms with van der Waals surface area (Å²) >= 11 is 0. The molecule has 0 aromatic heterocycles. The van der Waals surface area contributed by atoms with Gasteiger partial charge in [-0.3, -0.25) is 4.79 Å². The van der Waals surface area contributed by atoms with Crippen molar-refractivity contribution in [1.82, 2.24) is 4.90 Å². The van der Waals surface area contributed by atoms with Crippen molar-refractivity contribution >= 4 is 5.97 Å². The van der Waals surface area contributed by atoms with Crippen LogP contribution in [-0.4, -0.2) is 41.7 Å². The van der Waals surface area contributed by atoms with Crippen molar-refractivity contribution in [2.45, 2.75) is 90.6 Å². The number of carboxylic acid groups (broad SMARTS) is 1. The van der Waals surface area contributed by atoms with E-state index in [9.17, 15) is 4.79 Å². The highest BCUT2D eigenvalue weighted by molar-refractivity contribution is 5.66. The number of hydrogen-bond acceptors (Lipinski definition) is 3. The first kappa shape index (κ1) is 23.1. The minimum Gasteiger partial charge on any atom is -0.490 e. The standard InChI is InChI=1S/C26H41NO3/c1-26(2,3)22-9-13-24(14-10-22)30-23-11-7-20(8-12-23)21-15-18-27(19-16-21)17-5-4-6-25(28)29/h7-8,11-12,21-22,24H,4-6,9-10,13-19H2,1-3H3,(H,28,29). The average Bonchev–Trinajstić information content (AvgIpc) is 2.72. The highest BCUT2D eigenvalue weighted by Gasteiger charge is 2.30. The van der Waals surface area contributed by atoms with Crippen LogP contribution in [0.1, 0.15) is 90.0 Å². The SMILES string of the molecule is CC(C)(C)C1CCC(Oc2ccc(C3CCN(CCCCC(=O)O)CC3)cc2)CC1. The van der Waals surface area contributed by atoms with Crippen LogP contribution >= 0.6 is 0 Å². The summed E-state index contributed by atoms with van der Waals surface area (Å²) in [6.45, 7) is 10.4. The Morgan fingerprint density at radius 3 is 2.20 bits per heavy atom. The van der Waals surface area contributed by atoms with Crippen LogP contribution in [-0.2, 0) is 4.79 Å². The third-order valence-electron chi connectivity index (χ3n) is 7.26. The number of carboxylic acids is 1. The number of likely N-dealkylation sites (tertiary alicyclic amines) is 1. The first-order chi connectivity index (χ1) is 14.3. The van der Waals surface area contributed by atoms with E-state index in [4.69, 9.17) is 9.84 Å². The molecule has 1 saturated heterocycles. The number of ether oxygens (including phenoxy) is 1. The van der Waals surface area contributed by atoms with Gasteiger partial charge in [-0.15, -0.1) is 0 Å². The molecule has 1 aromatic rings. The predicted molar refractivity (Wildman–Crippen MR) is 122 cm³/mol. The number of unbranched alkanes of at least 4 members (excludes halogenated alkanes) is 1. The number of rotatable bonds is 8. The van der Waals surface area contributed by atoms with Crippen molar-refractivity contribution in [1.29, 1.82) is 0 Å². The zero-order chi connectivity index (χ0) is 21.6. The topological polar surface area (TPSA) is 49.8 Å². The number of benzene rings is 1. The highest BCUT2D eigenvalue weighted by Crippen LogP contribution is 2.39. The summed E-state index contributed by atoms with van der Waals surface area (Å²) in [5.41, 5.74) is 1.85. The third-order valence-corrected chi connectivity index (χ3v) is 7.26. The van der Waals surface area contributed by atoms with Crippen LogP contribution in [0.3, 0.4) is 0 Å². The maximum atomic E-state index is 10.6. The summed E-state index contributed by atoms with van der Waals surface area (Å²) in [5.74, 6) is 1.80. The van der Waals surface area contributed by atoms with Gasteiger partial charge < -0.3 is 14.7 Å². The molecule has 1 N–H and O–H groups in total. The van der Waals surface area contributed by atoms with Gasteiger partial charge in [0, 0.05) is 6.42 Å². The number of aliphatic carboxylic acids is 1. The molecular formula is C26H41NO3. The first-order valence-corrected chi connectivity index (χ1v) is 12.0. The summed E-state index contributed by atoms with van der Waals surface area (Å²) in [6, 6.07) is 8.87. The molecule has 0 unspecified atom stereocenters. The Morgan fingerprint density at radius 1 is 1.00 bits per heavy atom. The number of carbonyl (C=O) groups is 1. The third kappa shape index (κ3) is 7.01. The number of hydrogen-bond donors (Lipinski definition) is 1. The van der Waals surface area contributed by atoms with E-state index in [2.05, 4.69) is 49.9 Å². The lowest BCUT2D eigenvalue weighted by Gasteiger charge is -2.37. The molecule has 0 bridgehead atoms. The Balaban J connectivity index is 1.38. The van der Waals surface area contributed by atoms with Gasteiger partial charge in [-0.1, -0.05) is 32.9 Å². The molecule has 4 heteroatoms. The fraction of sp³-hybridized carbons (Fsp3) is 0.731. The molecule has 0 amide bonds. The van der Waals surface area contributed by atoms with Crippen LogP contribution in [0.4, 0.5) is 0 Å². The molecule has 30 heavy (non-hydrogen) atoms. The number of nitrogens with zero attached hydrogens (tertiary/aromatic N) is 1. The molecule has 1 aliphatic carbocycles. The second-order valence-electron chi connectivity index (χ2n) is 10.5. The van der Waals surface area contributed by atoms with Crippen LogP contribution in [0, 0.1) is 11.3 Å². The molecule has 1 aliphatic heterocycles. The van der Waals surface area contributed by atoms with E-state index in [1.54, 1.807) is 0 Å². The summed E-state index contributed by atoms with van der Waals surface area (Å²) in [4.78, 5) is 13.1. The summed E-state index contributed by atoms with van der Waals surface area (Å²) in [6.07, 6.45) is 9.73. The molecule has 0 atom stereocenters. The lowest BCUT2D eigenvalue weighted by molar-refractivity contribution is -0.137. The first-order valence-electron chi connectivity index (χ1n) is 12.0. The second-order valence-corrected chi connectivity index (χ2v) is 10.5. The smallest absolute Gasteiger partial charge is 0.303 e. The Bertz CT molecular complexity index is 648. The van der Waals surface area contributed by atoms with Crippen LogP contribution in [0.2, 0.25) is 0 Å². The van der Waals surface area contributed by atoms with Gasteiger partial charge in [-0.25, -0.2) is 0 Å². The van der Waals surface area contributed by atoms with Crippen molar-refractivity contribution in [2.24, 2.45) is 11.3 Å². The van der Waals surface area contributed by atoms with E-state index in [1.807, 2.05) is 0 Å². The van der Waals surface area contributed by atoms with Gasteiger partial charge in [0.1, 0.15) is 5.75 Å². The Morgan fingerprint density at radius 2 is 1.63 bits per heavy atom. The second kappa shape index (κ2) is 10.7. The van der Waals surface area contributed by atoms with Gasteiger partial charge >= 0.3 is 5.97 Å². The monoisotopic (exact) mass is 415 g/mol. The maximum Gasteiger partial charge on any atom is 0.303 e. The van der Waals surface area contributed by atoms with E-state index in [-0.39, 0.29) is 0 Å². The fourth-order valence-corrected chi connectivity index (χ4v) is 5.16. The largest absolute Gasteiger partial charge is 0.490 e. The fourth-order valence-electron chi connectivity index (χ4n) is 5.16. The van der Waals surface area contributed by atoms with Gasteiger partial charge in [-0.05, 0) is 106 Å². The quantitative estimate of drug-likeness (QED) is 0.521. The molecule has 3 rings (SSSR count). The van der Waals surface area contributed by atoms with E-state index in [0.29, 0.717) is 23.9 Å². The van der Waals surface area contributed by atoms with Gasteiger partial charge in [0.05, 0.1) is 6.10 Å². The van der Waals surface area contributed by atoms with Gasteiger partial charge in [0.15, 0.2) is 0 Å². The van der Waals surface area contributed by atoms with Crippen LogP contribution in [0.25, 0.3) is 0 Å². The Hall–Kier alpha value is -1.55. The van der Waals surface area contributed by atoms with E-state index in [0.717, 1.165) is 44.1 Å². The van der Waals surface area contributed by atoms with Gasteiger partial charge in [0.2, 0.25) is 0 Å². The van der Waals surface area contributed by atoms with E-state index in [1.165, 1.54) is 44.1 Å². The average molecular weight is 416 g/mol. The zero-order valence-electron chi connectivity index (χ0n) is 19.2. The Labute approximate surface area is 183 Å². The Kier molecular flexibility index (Phi) is 8.21. The van der Waals surface area contributed by atoms with Crippen molar-refractivity contribution < 1.29 is 14.6 Å². The highest BCUT2D eigenvalue weighted by atomic mass is 16.5. The number of piperidine rings is 1. The van der Waals surface area contributed by atoms with Crippen molar-refractivity contribution in [3.8, 4) is 5.75 Å². The predicted octanol–water partition coefficient (Wildman–Crippen LogP) is 6.10. The zero-order valence-corrected chi connectivity index (χ0v) is 19.2. The van der Waals surface area contributed by atoms with Crippen molar-refractivity contribution in [3.63, 3.8) is 0 Å². The summed E-state index contributed by atoms with van der Waals surface area (Å²) < 4.78 is 6.30. The van der Waals surface area contributed by atoms with Gasteiger partial charge in [0.25, 0.3) is 0 Å². The van der Waals surface area contributed by atoms with E-state index >= 15 is 0 Å². The molecule has 0 spiro atoms. The van der Waals surface area contributed by atoms with E-state index < -0.39 is 5.97 Å². The van der Waals surface area contributed by atoms with Crippen molar-refractivity contribution in [3.05, 3.63) is 29.8 Å². The molecule has 4 nitrogen and oxygen atoms in total. The van der Waals surface area contributed by atoms with Crippen LogP contribution < -0.4 is 4.74 Å². The molecule has 0 radical (unpaired) electrons. The molecule has 168 valence electrons. The lowest BCUT2D eigenvalue weighted by atomic mass is 9.72. The summed E-state index contributed by atoms with van der Waals surface area (Å²) in [7, 11) is 0. The van der Waals surface area contributed by atoms with Crippen LogP contribution in [0.15, 0.2) is 24.3 Å². The van der Waals surface area contributed by atoms with Crippen LogP contribution in [0.5, 0.6) is 5.75 Å². The lowest BCUT2D eigenvalue weighted by Crippen LogP contribution is -2.33. The molecule has 1 heterocycles. The molecule has 2 fully saturated rings. The maximum absolute atomic E-state index is 10.6. The minimum absolute atomic E-state index is 0.295. The molecular weight excluding hydrogens is 374 g/mol. The molecule has 1 saturated carbocycles. The molecule has 1 aromatic carbocycles. The van der Waals surface area contributed by atoms with Gasteiger partial charge in [-0.2, -0.15) is 0 Å². The normalized spacial score (nSPS) is 24.0. The minimum atomic E-state index is -0.682. The summed E-state index contributed by atoms with van der Waals surface area (Å²) in [5, 5.41) is 8.74. The molecule has 2 aliphatic rings. The van der Waals surface area contributed by atoms with Crippen molar-refractivity contribution in [2.75, 3.05) is 19.6 Å².